The molecule has 2 heteroatoms. The van der Waals surface area contributed by atoms with Crippen molar-refractivity contribution in [2.45, 2.75) is 20.8 Å². The number of nitrogens with one attached hydrogen (secondary N) is 1. The first-order chi connectivity index (χ1) is 23.0. The second kappa shape index (κ2) is 13.2. The van der Waals surface area contributed by atoms with Crippen LogP contribution in [0.2, 0.25) is 0 Å². The third kappa shape index (κ3) is 6.45. The van der Waals surface area contributed by atoms with Gasteiger partial charge in [-0.3, -0.25) is 0 Å². The van der Waals surface area contributed by atoms with Gasteiger partial charge in [-0.2, -0.15) is 0 Å². The molecule has 0 fully saturated rings. The lowest BCUT2D eigenvalue weighted by atomic mass is 9.85. The Morgan fingerprint density at radius 3 is 1.38 bits per heavy atom. The first kappa shape index (κ1) is 29.8. The molecule has 0 saturated carbocycles. The topological polar surface area (TPSA) is 15.3 Å². The smallest absolute Gasteiger partial charge is 0.0470 e. The zero-order chi connectivity index (χ0) is 32.2. The fraction of sp³-hybridized carbons (Fsp3) is 0.0667. The third-order valence-electron chi connectivity index (χ3n) is 8.58. The van der Waals surface area contributed by atoms with Gasteiger partial charge >= 0.3 is 0 Å². The average molecular weight is 607 g/mol. The summed E-state index contributed by atoms with van der Waals surface area (Å²) in [6.07, 6.45) is 0. The highest BCUT2D eigenvalue weighted by Crippen LogP contribution is 2.46. The molecule has 0 bridgehead atoms. The minimum atomic E-state index is 1.03. The van der Waals surface area contributed by atoms with Crippen molar-refractivity contribution in [3.63, 3.8) is 0 Å². The predicted octanol–water partition coefficient (Wildman–Crippen LogP) is 12.8. The van der Waals surface area contributed by atoms with Crippen LogP contribution >= 0.6 is 0 Å². The predicted molar refractivity (Wildman–Crippen MR) is 201 cm³/mol. The van der Waals surface area contributed by atoms with Crippen molar-refractivity contribution in [1.82, 2.24) is 0 Å². The summed E-state index contributed by atoms with van der Waals surface area (Å²) in [7, 11) is 0. The lowest BCUT2D eigenvalue weighted by Crippen LogP contribution is -2.09. The van der Waals surface area contributed by atoms with E-state index in [-0.39, 0.29) is 0 Å². The number of hydrogen-bond acceptors (Lipinski definition) is 2. The molecule has 0 spiro atoms. The van der Waals surface area contributed by atoms with E-state index >= 15 is 0 Å². The van der Waals surface area contributed by atoms with Crippen LogP contribution in [0, 0.1) is 20.8 Å². The molecule has 7 aromatic rings. The van der Waals surface area contributed by atoms with Crippen molar-refractivity contribution >= 4 is 28.4 Å². The molecule has 0 aliphatic heterocycles. The van der Waals surface area contributed by atoms with E-state index in [1.54, 1.807) is 0 Å². The van der Waals surface area contributed by atoms with Crippen LogP contribution < -0.4 is 10.2 Å². The Hall–Kier alpha value is -5.86. The van der Waals surface area contributed by atoms with E-state index in [4.69, 9.17) is 0 Å². The molecule has 0 atom stereocenters. The second-order valence-electron chi connectivity index (χ2n) is 12.2. The molecule has 1 N–H and O–H groups in total. The number of aryl methyl sites for hydroxylation is 3. The van der Waals surface area contributed by atoms with Gasteiger partial charge in [-0.15, -0.1) is 0 Å². The Morgan fingerprint density at radius 2 is 0.851 bits per heavy atom. The number of benzene rings is 7. The fourth-order valence-corrected chi connectivity index (χ4v) is 6.41. The van der Waals surface area contributed by atoms with Crippen molar-refractivity contribution in [3.05, 3.63) is 187 Å². The van der Waals surface area contributed by atoms with Crippen LogP contribution in [-0.4, -0.2) is 0 Å². The van der Waals surface area contributed by atoms with Crippen molar-refractivity contribution in [3.8, 4) is 33.4 Å². The maximum Gasteiger partial charge on any atom is 0.0470 e. The van der Waals surface area contributed by atoms with Gasteiger partial charge in [0, 0.05) is 34.0 Å². The minimum absolute atomic E-state index is 1.03. The summed E-state index contributed by atoms with van der Waals surface area (Å²) in [5.74, 6) is 0. The quantitative estimate of drug-likeness (QED) is 0.185. The Labute approximate surface area is 278 Å². The first-order valence-electron chi connectivity index (χ1n) is 16.2. The molecule has 47 heavy (non-hydrogen) atoms. The largest absolute Gasteiger partial charge is 0.355 e. The highest BCUT2D eigenvalue weighted by Gasteiger charge is 2.19. The van der Waals surface area contributed by atoms with E-state index in [9.17, 15) is 0 Å². The van der Waals surface area contributed by atoms with Crippen LogP contribution in [0.3, 0.4) is 0 Å². The zero-order valence-electron chi connectivity index (χ0n) is 27.1. The molecular weight excluding hydrogens is 569 g/mol. The van der Waals surface area contributed by atoms with Crippen LogP contribution in [0.4, 0.5) is 28.4 Å². The van der Waals surface area contributed by atoms with Gasteiger partial charge in [0.25, 0.3) is 0 Å². The van der Waals surface area contributed by atoms with Crippen molar-refractivity contribution in [2.24, 2.45) is 0 Å². The van der Waals surface area contributed by atoms with Crippen LogP contribution in [0.15, 0.2) is 170 Å². The van der Waals surface area contributed by atoms with Gasteiger partial charge in [0.1, 0.15) is 0 Å². The van der Waals surface area contributed by atoms with Gasteiger partial charge in [0.2, 0.25) is 0 Å². The molecule has 0 heterocycles. The number of para-hydroxylation sites is 2. The van der Waals surface area contributed by atoms with Crippen LogP contribution in [0.1, 0.15) is 16.7 Å². The Kier molecular flexibility index (Phi) is 8.41. The molecule has 0 amide bonds. The summed E-state index contributed by atoms with van der Waals surface area (Å²) in [6, 6.07) is 60.8. The van der Waals surface area contributed by atoms with Gasteiger partial charge in [0.15, 0.2) is 0 Å². The summed E-state index contributed by atoms with van der Waals surface area (Å²) in [5.41, 5.74) is 16.4. The molecule has 0 aromatic heterocycles. The lowest BCUT2D eigenvalue weighted by molar-refractivity contribution is 1.28. The SMILES string of the molecule is Cc1cccc(-c2ccc(Nc3ccc(N(c4ccccc4)c4ccccc4)cc3)c(-c3cccc(C)c3)c2-c2cccc(C)c2)c1. The average Bonchev–Trinajstić information content (AvgIpc) is 3.10. The Bertz CT molecular complexity index is 2090. The molecule has 228 valence electrons. The molecule has 0 radical (unpaired) electrons. The van der Waals surface area contributed by atoms with E-state index in [2.05, 4.69) is 201 Å². The van der Waals surface area contributed by atoms with Gasteiger partial charge < -0.3 is 10.2 Å². The Balaban J connectivity index is 1.37. The van der Waals surface area contributed by atoms with E-state index in [0.29, 0.717) is 0 Å². The molecule has 2 nitrogen and oxygen atoms in total. The molecule has 0 saturated heterocycles. The van der Waals surface area contributed by atoms with Crippen molar-refractivity contribution in [1.29, 1.82) is 0 Å². The van der Waals surface area contributed by atoms with Crippen LogP contribution in [-0.2, 0) is 0 Å². The molecule has 0 aliphatic carbocycles. The summed E-state index contributed by atoms with van der Waals surface area (Å²) < 4.78 is 0. The number of nitrogens with zero attached hydrogens (tertiary/aromatic N) is 1. The number of rotatable bonds is 8. The highest BCUT2D eigenvalue weighted by molar-refractivity contribution is 6.01. The summed E-state index contributed by atoms with van der Waals surface area (Å²) >= 11 is 0. The molecule has 0 unspecified atom stereocenters. The first-order valence-corrected chi connectivity index (χ1v) is 16.2. The standard InChI is InChI=1S/C45H38N2/c1-32-13-10-16-35(29-32)42-27-28-43(45(37-18-12-15-34(3)31-37)44(42)36-17-11-14-33(2)30-36)46-38-23-25-41(26-24-38)47(39-19-6-4-7-20-39)40-21-8-5-9-22-40/h4-31,46H,1-3H3. The van der Waals surface area contributed by atoms with E-state index in [0.717, 1.165) is 28.4 Å². The van der Waals surface area contributed by atoms with Crippen LogP contribution in [0.25, 0.3) is 33.4 Å². The summed E-state index contributed by atoms with van der Waals surface area (Å²) in [4.78, 5) is 2.29. The lowest BCUT2D eigenvalue weighted by Gasteiger charge is -2.26. The molecule has 0 aliphatic rings. The van der Waals surface area contributed by atoms with Crippen LogP contribution in [0.5, 0.6) is 0 Å². The van der Waals surface area contributed by atoms with E-state index in [1.165, 1.54) is 50.1 Å². The Morgan fingerprint density at radius 1 is 0.383 bits per heavy atom. The summed E-state index contributed by atoms with van der Waals surface area (Å²) in [6.45, 7) is 6.49. The van der Waals surface area contributed by atoms with Gasteiger partial charge in [-0.1, -0.05) is 132 Å². The van der Waals surface area contributed by atoms with Gasteiger partial charge in [-0.25, -0.2) is 0 Å². The fourth-order valence-electron chi connectivity index (χ4n) is 6.41. The zero-order valence-corrected chi connectivity index (χ0v) is 27.1. The van der Waals surface area contributed by atoms with Gasteiger partial charge in [0.05, 0.1) is 0 Å². The van der Waals surface area contributed by atoms with Crippen molar-refractivity contribution in [2.75, 3.05) is 10.2 Å². The maximum atomic E-state index is 3.83. The molecular formula is C45H38N2. The number of hydrogen-bond donors (Lipinski definition) is 1. The molecule has 7 aromatic carbocycles. The number of anilines is 5. The minimum Gasteiger partial charge on any atom is -0.355 e. The van der Waals surface area contributed by atoms with E-state index < -0.39 is 0 Å². The maximum absolute atomic E-state index is 3.83. The summed E-state index contributed by atoms with van der Waals surface area (Å²) in [5, 5.41) is 3.83. The monoisotopic (exact) mass is 606 g/mol. The van der Waals surface area contributed by atoms with Gasteiger partial charge in [-0.05, 0) is 103 Å². The van der Waals surface area contributed by atoms with E-state index in [1.807, 2.05) is 0 Å². The second-order valence-corrected chi connectivity index (χ2v) is 12.2. The highest BCUT2D eigenvalue weighted by atomic mass is 15.1. The molecule has 7 rings (SSSR count). The normalized spacial score (nSPS) is 10.9. The van der Waals surface area contributed by atoms with Crippen molar-refractivity contribution < 1.29 is 0 Å². The third-order valence-corrected chi connectivity index (χ3v) is 8.58.